The van der Waals surface area contributed by atoms with E-state index in [1.807, 2.05) is 31.2 Å². The van der Waals surface area contributed by atoms with Gasteiger partial charge in [0.1, 0.15) is 0 Å². The van der Waals surface area contributed by atoms with Gasteiger partial charge in [-0.2, -0.15) is 0 Å². The number of piperidine rings is 1. The van der Waals surface area contributed by atoms with E-state index in [0.717, 1.165) is 5.56 Å². The van der Waals surface area contributed by atoms with Crippen molar-refractivity contribution in [1.29, 1.82) is 0 Å². The number of hydrogen-bond acceptors (Lipinski definition) is 2. The van der Waals surface area contributed by atoms with Gasteiger partial charge in [-0.05, 0) is 18.9 Å². The Bertz CT molecular complexity index is 430. The third-order valence-electron chi connectivity index (χ3n) is 3.22. The molecule has 1 fully saturated rings. The van der Waals surface area contributed by atoms with Crippen molar-refractivity contribution in [2.45, 2.75) is 26.3 Å². The highest BCUT2D eigenvalue weighted by Gasteiger charge is 2.23. The Morgan fingerprint density at radius 2 is 2.11 bits per heavy atom. The molecule has 4 heteroatoms. The SMILES string of the molecule is Cc1ccc(CNC(=O)C2CCC(=O)NC2)cc1. The van der Waals surface area contributed by atoms with Gasteiger partial charge in [0, 0.05) is 19.5 Å². The van der Waals surface area contributed by atoms with Crippen LogP contribution >= 0.6 is 0 Å². The van der Waals surface area contributed by atoms with Crippen LogP contribution in [0.4, 0.5) is 0 Å². The molecule has 1 aliphatic rings. The van der Waals surface area contributed by atoms with Gasteiger partial charge in [0.25, 0.3) is 0 Å². The summed E-state index contributed by atoms with van der Waals surface area (Å²) in [5, 5.41) is 5.63. The van der Waals surface area contributed by atoms with Crippen LogP contribution < -0.4 is 10.6 Å². The maximum atomic E-state index is 11.9. The van der Waals surface area contributed by atoms with Crippen LogP contribution in [-0.4, -0.2) is 18.4 Å². The number of rotatable bonds is 3. The topological polar surface area (TPSA) is 58.2 Å². The minimum atomic E-state index is -0.0897. The monoisotopic (exact) mass is 246 g/mol. The minimum Gasteiger partial charge on any atom is -0.355 e. The van der Waals surface area contributed by atoms with Gasteiger partial charge in [0.15, 0.2) is 0 Å². The second kappa shape index (κ2) is 5.67. The molecule has 4 nitrogen and oxygen atoms in total. The number of amides is 2. The number of carbonyl (C=O) groups is 2. The summed E-state index contributed by atoms with van der Waals surface area (Å²) in [5.41, 5.74) is 2.30. The van der Waals surface area contributed by atoms with E-state index in [-0.39, 0.29) is 17.7 Å². The van der Waals surface area contributed by atoms with Gasteiger partial charge in [0.05, 0.1) is 5.92 Å². The molecule has 0 radical (unpaired) electrons. The zero-order valence-electron chi connectivity index (χ0n) is 10.5. The lowest BCUT2D eigenvalue weighted by Crippen LogP contribution is -2.42. The molecule has 96 valence electrons. The molecule has 2 amide bonds. The molecule has 0 bridgehead atoms. The van der Waals surface area contributed by atoms with E-state index in [1.54, 1.807) is 0 Å². The summed E-state index contributed by atoms with van der Waals surface area (Å²) in [6.45, 7) is 3.04. The summed E-state index contributed by atoms with van der Waals surface area (Å²) >= 11 is 0. The van der Waals surface area contributed by atoms with Crippen molar-refractivity contribution < 1.29 is 9.59 Å². The molecule has 18 heavy (non-hydrogen) atoms. The maximum Gasteiger partial charge on any atom is 0.225 e. The van der Waals surface area contributed by atoms with Crippen LogP contribution in [0.15, 0.2) is 24.3 Å². The summed E-state index contributed by atoms with van der Waals surface area (Å²) in [6, 6.07) is 8.08. The molecule has 0 spiro atoms. The van der Waals surface area contributed by atoms with E-state index in [1.165, 1.54) is 5.56 Å². The van der Waals surface area contributed by atoms with E-state index in [9.17, 15) is 9.59 Å². The van der Waals surface area contributed by atoms with E-state index >= 15 is 0 Å². The lowest BCUT2D eigenvalue weighted by Gasteiger charge is -2.21. The Morgan fingerprint density at radius 3 is 2.72 bits per heavy atom. The molecule has 2 rings (SSSR count). The van der Waals surface area contributed by atoms with Crippen molar-refractivity contribution in [1.82, 2.24) is 10.6 Å². The highest BCUT2D eigenvalue weighted by molar-refractivity contribution is 5.83. The summed E-state index contributed by atoms with van der Waals surface area (Å²) in [5.74, 6) is -0.0266. The summed E-state index contributed by atoms with van der Waals surface area (Å²) < 4.78 is 0. The van der Waals surface area contributed by atoms with Crippen molar-refractivity contribution in [3.8, 4) is 0 Å². The zero-order valence-corrected chi connectivity index (χ0v) is 10.5. The zero-order chi connectivity index (χ0) is 13.0. The molecular weight excluding hydrogens is 228 g/mol. The van der Waals surface area contributed by atoms with Gasteiger partial charge in [-0.3, -0.25) is 9.59 Å². The van der Waals surface area contributed by atoms with Gasteiger partial charge < -0.3 is 10.6 Å². The number of carbonyl (C=O) groups excluding carboxylic acids is 2. The molecule has 1 unspecified atom stereocenters. The molecule has 2 N–H and O–H groups in total. The predicted octanol–water partition coefficient (Wildman–Crippen LogP) is 1.14. The van der Waals surface area contributed by atoms with E-state index in [0.29, 0.717) is 25.9 Å². The molecule has 1 saturated heterocycles. The number of nitrogens with one attached hydrogen (secondary N) is 2. The quantitative estimate of drug-likeness (QED) is 0.840. The fraction of sp³-hybridized carbons (Fsp3) is 0.429. The Kier molecular flexibility index (Phi) is 3.97. The van der Waals surface area contributed by atoms with Crippen LogP contribution in [0.25, 0.3) is 0 Å². The normalized spacial score (nSPS) is 19.2. The number of aryl methyl sites for hydroxylation is 1. The molecular formula is C14H18N2O2. The summed E-state index contributed by atoms with van der Waals surface area (Å²) in [6.07, 6.45) is 1.09. The van der Waals surface area contributed by atoms with E-state index < -0.39 is 0 Å². The van der Waals surface area contributed by atoms with Gasteiger partial charge in [-0.25, -0.2) is 0 Å². The van der Waals surface area contributed by atoms with Crippen molar-refractivity contribution in [2.75, 3.05) is 6.54 Å². The van der Waals surface area contributed by atoms with Gasteiger partial charge in [-0.1, -0.05) is 29.8 Å². The Hall–Kier alpha value is -1.84. The molecule has 1 aliphatic heterocycles. The van der Waals surface area contributed by atoms with Gasteiger partial charge in [-0.15, -0.1) is 0 Å². The minimum absolute atomic E-state index is 0.0237. The van der Waals surface area contributed by atoms with Crippen LogP contribution in [0.5, 0.6) is 0 Å². The van der Waals surface area contributed by atoms with Gasteiger partial charge >= 0.3 is 0 Å². The van der Waals surface area contributed by atoms with Crippen LogP contribution in [0, 0.1) is 12.8 Å². The number of hydrogen-bond donors (Lipinski definition) is 2. The summed E-state index contributed by atoms with van der Waals surface area (Å²) in [4.78, 5) is 22.9. The smallest absolute Gasteiger partial charge is 0.225 e. The first-order valence-corrected chi connectivity index (χ1v) is 6.25. The molecule has 0 aromatic heterocycles. The fourth-order valence-electron chi connectivity index (χ4n) is 2.00. The van der Waals surface area contributed by atoms with E-state index in [2.05, 4.69) is 10.6 Å². The highest BCUT2D eigenvalue weighted by Crippen LogP contribution is 2.11. The first-order valence-electron chi connectivity index (χ1n) is 6.25. The van der Waals surface area contributed by atoms with Crippen LogP contribution in [0.1, 0.15) is 24.0 Å². The highest BCUT2D eigenvalue weighted by atomic mass is 16.2. The van der Waals surface area contributed by atoms with Crippen LogP contribution in [0.2, 0.25) is 0 Å². The fourth-order valence-corrected chi connectivity index (χ4v) is 2.00. The van der Waals surface area contributed by atoms with Gasteiger partial charge in [0.2, 0.25) is 11.8 Å². The molecule has 1 aromatic carbocycles. The third kappa shape index (κ3) is 3.32. The molecule has 1 atom stereocenters. The van der Waals surface area contributed by atoms with Crippen molar-refractivity contribution in [3.05, 3.63) is 35.4 Å². The largest absolute Gasteiger partial charge is 0.355 e. The first-order chi connectivity index (χ1) is 8.65. The second-order valence-electron chi connectivity index (χ2n) is 4.74. The molecule has 1 aromatic rings. The standard InChI is InChI=1S/C14H18N2O2/c1-10-2-4-11(5-3-10)8-16-14(18)12-6-7-13(17)15-9-12/h2-5,12H,6-9H2,1H3,(H,15,17)(H,16,18). The maximum absolute atomic E-state index is 11.9. The lowest BCUT2D eigenvalue weighted by atomic mass is 9.98. The Balaban J connectivity index is 1.81. The van der Waals surface area contributed by atoms with Crippen molar-refractivity contribution in [2.24, 2.45) is 5.92 Å². The molecule has 1 heterocycles. The van der Waals surface area contributed by atoms with Crippen molar-refractivity contribution in [3.63, 3.8) is 0 Å². The average molecular weight is 246 g/mol. The number of benzene rings is 1. The molecule has 0 aliphatic carbocycles. The van der Waals surface area contributed by atoms with Crippen molar-refractivity contribution >= 4 is 11.8 Å². The Morgan fingerprint density at radius 1 is 1.39 bits per heavy atom. The molecule has 0 saturated carbocycles. The van der Waals surface area contributed by atoms with Crippen LogP contribution in [0.3, 0.4) is 0 Å². The van der Waals surface area contributed by atoms with E-state index in [4.69, 9.17) is 0 Å². The second-order valence-corrected chi connectivity index (χ2v) is 4.74. The Labute approximate surface area is 107 Å². The van der Waals surface area contributed by atoms with Crippen LogP contribution in [-0.2, 0) is 16.1 Å². The first kappa shape index (κ1) is 12.6. The average Bonchev–Trinajstić information content (AvgIpc) is 2.38. The third-order valence-corrected chi connectivity index (χ3v) is 3.22. The lowest BCUT2D eigenvalue weighted by molar-refractivity contribution is -0.129. The predicted molar refractivity (Wildman–Crippen MR) is 68.8 cm³/mol. The summed E-state index contributed by atoms with van der Waals surface area (Å²) in [7, 11) is 0.